The molecule has 0 saturated heterocycles. The predicted molar refractivity (Wildman–Crippen MR) is 150 cm³/mol. The monoisotopic (exact) mass is 649 g/mol. The van der Waals surface area contributed by atoms with Gasteiger partial charge in [-0.2, -0.15) is 32.6 Å². The number of fused-ring (bicyclic) bond motifs is 1. The number of benzene rings is 2. The first-order chi connectivity index (χ1) is 20.2. The lowest BCUT2D eigenvalue weighted by Crippen LogP contribution is -2.35. The summed E-state index contributed by atoms with van der Waals surface area (Å²) >= 11 is 0.281. The Morgan fingerprint density at radius 3 is 2.37 bits per heavy atom. The summed E-state index contributed by atoms with van der Waals surface area (Å²) in [4.78, 5) is -0.0713. The van der Waals surface area contributed by atoms with Crippen molar-refractivity contribution in [2.45, 2.75) is 40.8 Å². The number of nitrogens with zero attached hydrogens (tertiary/aromatic N) is 6. The van der Waals surface area contributed by atoms with E-state index < -0.39 is 36.8 Å². The van der Waals surface area contributed by atoms with Crippen LogP contribution in [0.15, 0.2) is 58.3 Å². The maximum Gasteiger partial charge on any atom is 0.445 e. The smallest absolute Gasteiger partial charge is 0.267 e. The Kier molecular flexibility index (Phi) is 6.97. The van der Waals surface area contributed by atoms with Crippen LogP contribution in [0.2, 0.25) is 0 Å². The lowest BCUT2D eigenvalue weighted by molar-refractivity contribution is -0.138. The minimum atomic E-state index is -4.72. The normalized spacial score (nSPS) is 17.5. The van der Waals surface area contributed by atoms with Gasteiger partial charge in [-0.05, 0) is 49.1 Å². The average molecular weight is 650 g/mol. The number of nitriles is 1. The molecule has 11 nitrogen and oxygen atoms in total. The molecular weight excluding hydrogens is 628 g/mol. The van der Waals surface area contributed by atoms with E-state index >= 15 is 0 Å². The van der Waals surface area contributed by atoms with Crippen LogP contribution < -0.4 is 4.72 Å². The third-order valence-electron chi connectivity index (χ3n) is 7.29. The minimum absolute atomic E-state index is 0.00918. The molecular formula is C26H22F3N7O4S3. The summed E-state index contributed by atoms with van der Waals surface area (Å²) in [5, 5.41) is 19.7. The van der Waals surface area contributed by atoms with Crippen molar-refractivity contribution in [1.82, 2.24) is 29.0 Å². The molecule has 2 aromatic carbocycles. The van der Waals surface area contributed by atoms with Crippen molar-refractivity contribution in [1.29, 1.82) is 5.26 Å². The Balaban J connectivity index is 1.47. The van der Waals surface area contributed by atoms with Crippen molar-refractivity contribution >= 4 is 47.9 Å². The topological polar surface area (TPSA) is 151 Å². The highest BCUT2D eigenvalue weighted by atomic mass is 32.2. The van der Waals surface area contributed by atoms with E-state index in [1.807, 2.05) is 6.07 Å². The van der Waals surface area contributed by atoms with Gasteiger partial charge in [-0.3, -0.25) is 4.68 Å². The number of aromatic nitrogens is 4. The summed E-state index contributed by atoms with van der Waals surface area (Å²) < 4.78 is 98.4. The summed E-state index contributed by atoms with van der Waals surface area (Å²) in [5.74, 6) is 0. The summed E-state index contributed by atoms with van der Waals surface area (Å²) in [6.07, 6.45) is -2.13. The summed E-state index contributed by atoms with van der Waals surface area (Å²) in [6, 6.07) is 12.7. The van der Waals surface area contributed by atoms with Crippen LogP contribution >= 0.6 is 11.3 Å². The van der Waals surface area contributed by atoms with Gasteiger partial charge in [0.05, 0.1) is 21.4 Å². The first-order valence-electron chi connectivity index (χ1n) is 12.9. The number of aryl methyl sites for hydroxylation is 1. The van der Waals surface area contributed by atoms with Gasteiger partial charge in [-0.1, -0.05) is 35.6 Å². The fourth-order valence-electron chi connectivity index (χ4n) is 4.92. The maximum atomic E-state index is 13.5. The number of sulfonamides is 2. The van der Waals surface area contributed by atoms with E-state index in [0.29, 0.717) is 29.5 Å². The predicted octanol–water partition coefficient (Wildman–Crippen LogP) is 3.92. The van der Waals surface area contributed by atoms with Crippen molar-refractivity contribution in [2.24, 2.45) is 7.05 Å². The third-order valence-corrected chi connectivity index (χ3v) is 11.7. The third kappa shape index (κ3) is 5.33. The highest BCUT2D eigenvalue weighted by molar-refractivity contribution is 7.89. The zero-order valence-corrected chi connectivity index (χ0v) is 24.8. The summed E-state index contributed by atoms with van der Waals surface area (Å²) in [5.41, 5.74) is 0.256. The molecule has 2 aliphatic rings. The molecule has 0 amide bonds. The van der Waals surface area contributed by atoms with Crippen LogP contribution in [0.5, 0.6) is 0 Å². The Labute approximate surface area is 248 Å². The number of rotatable bonds is 7. The van der Waals surface area contributed by atoms with Crippen molar-refractivity contribution in [3.05, 3.63) is 59.1 Å². The molecule has 0 unspecified atom stereocenters. The lowest BCUT2D eigenvalue weighted by Gasteiger charge is -2.26. The van der Waals surface area contributed by atoms with Crippen LogP contribution in [0.1, 0.15) is 29.8 Å². The van der Waals surface area contributed by atoms with Gasteiger partial charge in [0.25, 0.3) is 0 Å². The van der Waals surface area contributed by atoms with E-state index in [-0.39, 0.29) is 56.7 Å². The first-order valence-corrected chi connectivity index (χ1v) is 16.6. The minimum Gasteiger partial charge on any atom is -0.267 e. The molecule has 6 rings (SSSR count). The van der Waals surface area contributed by atoms with Crippen LogP contribution in [0, 0.1) is 11.3 Å². The van der Waals surface area contributed by atoms with Gasteiger partial charge in [-0.25, -0.2) is 16.8 Å². The number of hydrogen-bond acceptors (Lipinski definition) is 9. The maximum absolute atomic E-state index is 13.5. The van der Waals surface area contributed by atoms with Crippen molar-refractivity contribution < 1.29 is 30.0 Å². The van der Waals surface area contributed by atoms with Gasteiger partial charge in [0.1, 0.15) is 11.2 Å². The highest BCUT2D eigenvalue weighted by Crippen LogP contribution is 2.41. The lowest BCUT2D eigenvalue weighted by atomic mass is 9.97. The second-order valence-corrected chi connectivity index (χ2v) is 14.8. The van der Waals surface area contributed by atoms with Crippen LogP contribution in [0.3, 0.4) is 0 Å². The van der Waals surface area contributed by atoms with E-state index in [1.165, 1.54) is 33.3 Å². The molecule has 1 fully saturated rings. The second-order valence-electron chi connectivity index (χ2n) is 10.2. The van der Waals surface area contributed by atoms with Crippen LogP contribution in [-0.4, -0.2) is 59.7 Å². The highest BCUT2D eigenvalue weighted by Gasteiger charge is 2.47. The quantitative estimate of drug-likeness (QED) is 0.317. The van der Waals surface area contributed by atoms with Crippen molar-refractivity contribution in [3.63, 3.8) is 0 Å². The van der Waals surface area contributed by atoms with Gasteiger partial charge < -0.3 is 0 Å². The standard InChI is InChI=1S/C26H22F3N7O4S3/c1-35-22-19(16-7-11-36(12-8-16)43(39,40)17-5-3-2-4-6-17)13-18(42(37,38)34-25(15-30)9-10-25)14-20(22)21(33-35)23-31-32-24(41-23)26(27,28)29/h2-7,13-14,34H,8-12H2,1H3. The molecule has 1 N–H and O–H groups in total. The fourth-order valence-corrected chi connectivity index (χ4v) is 8.45. The van der Waals surface area contributed by atoms with Crippen LogP contribution in [0.25, 0.3) is 27.2 Å². The molecule has 4 aromatic rings. The number of alkyl halides is 3. The number of halogens is 3. The summed E-state index contributed by atoms with van der Waals surface area (Å²) in [6.45, 7) is 0.115. The molecule has 1 aliphatic carbocycles. The fraction of sp³-hybridized carbons (Fsp3) is 0.308. The molecule has 2 aromatic heterocycles. The van der Waals surface area contributed by atoms with Gasteiger partial charge >= 0.3 is 6.18 Å². The van der Waals surface area contributed by atoms with E-state index in [1.54, 1.807) is 31.3 Å². The van der Waals surface area contributed by atoms with Gasteiger partial charge in [0, 0.05) is 31.1 Å². The first kappa shape index (κ1) is 29.4. The van der Waals surface area contributed by atoms with Gasteiger partial charge in [0.15, 0.2) is 5.01 Å². The SMILES string of the molecule is Cn1nc(-c2nnc(C(F)(F)F)s2)c2cc(S(=O)(=O)NC3(C#N)CC3)cc(C3=CCN(S(=O)(=O)c4ccccc4)CC3)c21. The average Bonchev–Trinajstić information content (AvgIpc) is 3.39. The van der Waals surface area contributed by atoms with E-state index in [2.05, 4.69) is 20.0 Å². The Morgan fingerprint density at radius 1 is 1.07 bits per heavy atom. The van der Waals surface area contributed by atoms with E-state index in [0.717, 1.165) is 0 Å². The molecule has 0 atom stereocenters. The second kappa shape index (κ2) is 10.2. The Morgan fingerprint density at radius 2 is 1.79 bits per heavy atom. The van der Waals surface area contributed by atoms with Crippen molar-refractivity contribution in [2.75, 3.05) is 13.1 Å². The van der Waals surface area contributed by atoms with Gasteiger partial charge in [0.2, 0.25) is 25.1 Å². The molecule has 43 heavy (non-hydrogen) atoms. The zero-order valence-electron chi connectivity index (χ0n) is 22.3. The molecule has 3 heterocycles. The Hall–Kier alpha value is -3.69. The number of nitrogens with one attached hydrogen (secondary N) is 1. The molecule has 0 spiro atoms. The van der Waals surface area contributed by atoms with E-state index in [4.69, 9.17) is 0 Å². The molecule has 224 valence electrons. The molecule has 1 saturated carbocycles. The largest absolute Gasteiger partial charge is 0.445 e. The molecule has 0 bridgehead atoms. The molecule has 1 aliphatic heterocycles. The summed E-state index contributed by atoms with van der Waals surface area (Å²) in [7, 11) is -6.47. The molecule has 0 radical (unpaired) electrons. The van der Waals surface area contributed by atoms with Crippen LogP contribution in [0.4, 0.5) is 13.2 Å². The molecule has 17 heteroatoms. The van der Waals surface area contributed by atoms with E-state index in [9.17, 15) is 35.3 Å². The van der Waals surface area contributed by atoms with Crippen molar-refractivity contribution in [3.8, 4) is 16.8 Å². The van der Waals surface area contributed by atoms with Gasteiger partial charge in [-0.15, -0.1) is 10.2 Å². The zero-order chi connectivity index (χ0) is 30.8. The van der Waals surface area contributed by atoms with Crippen LogP contribution in [-0.2, 0) is 33.3 Å². The Bertz CT molecular complexity index is 2040. The number of hydrogen-bond donors (Lipinski definition) is 1.